The van der Waals surface area contributed by atoms with E-state index in [4.69, 9.17) is 9.72 Å². The Bertz CT molecular complexity index is 871. The Morgan fingerprint density at radius 1 is 1.41 bits per heavy atom. The fourth-order valence-corrected chi connectivity index (χ4v) is 4.41. The van der Waals surface area contributed by atoms with Gasteiger partial charge in [-0.1, -0.05) is 6.92 Å². The molecular weight excluding hydrogens is 393 g/mol. The molecule has 156 valence electrons. The predicted molar refractivity (Wildman–Crippen MR) is 110 cm³/mol. The Balaban J connectivity index is 1.61. The number of carbonyl (C=O) groups is 2. The Kier molecular flexibility index (Phi) is 7.19. The molecule has 1 aromatic heterocycles. The molecule has 1 saturated heterocycles. The second-order valence-corrected chi connectivity index (χ2v) is 7.96. The average molecular weight is 420 g/mol. The van der Waals surface area contributed by atoms with Crippen molar-refractivity contribution < 1.29 is 18.7 Å². The number of carbonyl (C=O) groups excluding carboxylic acids is 2. The number of thiazole rings is 1. The second-order valence-electron chi connectivity index (χ2n) is 7.07. The van der Waals surface area contributed by atoms with Gasteiger partial charge in [0.25, 0.3) is 5.91 Å². The van der Waals surface area contributed by atoms with Crippen molar-refractivity contribution in [3.8, 4) is 5.75 Å². The Hall–Kier alpha value is -2.48. The number of rotatable bonds is 7. The third kappa shape index (κ3) is 5.32. The first kappa shape index (κ1) is 21.2. The molecule has 8 heteroatoms. The zero-order valence-electron chi connectivity index (χ0n) is 16.7. The van der Waals surface area contributed by atoms with Gasteiger partial charge in [-0.2, -0.15) is 0 Å². The molecule has 1 N–H and O–H groups in total. The van der Waals surface area contributed by atoms with Gasteiger partial charge in [0.2, 0.25) is 5.91 Å². The van der Waals surface area contributed by atoms with Crippen molar-refractivity contribution in [2.45, 2.75) is 38.5 Å². The summed E-state index contributed by atoms with van der Waals surface area (Å²) in [6.07, 6.45) is 3.03. The average Bonchev–Trinajstić information content (AvgIpc) is 3.22. The van der Waals surface area contributed by atoms with Crippen LogP contribution < -0.4 is 10.1 Å². The van der Waals surface area contributed by atoms with Crippen LogP contribution in [-0.2, 0) is 11.2 Å². The van der Waals surface area contributed by atoms with E-state index in [2.05, 4.69) is 5.32 Å². The topological polar surface area (TPSA) is 71.5 Å². The minimum absolute atomic E-state index is 0.0388. The SMILES string of the molecule is CCC(=O)NCCc1csc(C2CCCN(C(=O)c3ccc(OC)c(F)c3)C2)n1. The Morgan fingerprint density at radius 3 is 2.97 bits per heavy atom. The van der Waals surface area contributed by atoms with Gasteiger partial charge in [0, 0.05) is 49.3 Å². The number of nitrogens with zero attached hydrogens (tertiary/aromatic N) is 2. The van der Waals surface area contributed by atoms with E-state index < -0.39 is 5.82 Å². The molecule has 0 bridgehead atoms. The van der Waals surface area contributed by atoms with Crippen LogP contribution in [0.3, 0.4) is 0 Å². The smallest absolute Gasteiger partial charge is 0.253 e. The highest BCUT2D eigenvalue weighted by Crippen LogP contribution is 2.30. The number of nitrogens with one attached hydrogen (secondary N) is 1. The summed E-state index contributed by atoms with van der Waals surface area (Å²) in [5, 5.41) is 5.89. The number of hydrogen-bond acceptors (Lipinski definition) is 5. The molecule has 0 spiro atoms. The van der Waals surface area contributed by atoms with Crippen molar-refractivity contribution in [2.24, 2.45) is 0 Å². The largest absolute Gasteiger partial charge is 0.494 e. The van der Waals surface area contributed by atoms with E-state index in [1.165, 1.54) is 19.2 Å². The van der Waals surface area contributed by atoms with Crippen molar-refractivity contribution in [2.75, 3.05) is 26.7 Å². The fourth-order valence-electron chi connectivity index (χ4n) is 3.43. The number of piperidine rings is 1. The molecule has 2 amide bonds. The summed E-state index contributed by atoms with van der Waals surface area (Å²) in [4.78, 5) is 30.6. The van der Waals surface area contributed by atoms with Gasteiger partial charge in [-0.15, -0.1) is 11.3 Å². The van der Waals surface area contributed by atoms with Crippen LogP contribution in [0.1, 0.15) is 53.2 Å². The highest BCUT2D eigenvalue weighted by molar-refractivity contribution is 7.09. The zero-order chi connectivity index (χ0) is 20.8. The number of amides is 2. The van der Waals surface area contributed by atoms with Crippen LogP contribution in [0, 0.1) is 5.82 Å². The summed E-state index contributed by atoms with van der Waals surface area (Å²) in [6.45, 7) is 3.64. The minimum atomic E-state index is -0.536. The number of benzene rings is 1. The second kappa shape index (κ2) is 9.82. The van der Waals surface area contributed by atoms with E-state index in [0.29, 0.717) is 38.0 Å². The van der Waals surface area contributed by atoms with E-state index in [0.717, 1.165) is 23.5 Å². The van der Waals surface area contributed by atoms with Crippen LogP contribution in [0.15, 0.2) is 23.6 Å². The van der Waals surface area contributed by atoms with Gasteiger partial charge in [-0.05, 0) is 31.0 Å². The van der Waals surface area contributed by atoms with Gasteiger partial charge in [-0.25, -0.2) is 9.37 Å². The first-order valence-electron chi connectivity index (χ1n) is 9.85. The van der Waals surface area contributed by atoms with Crippen LogP contribution in [0.4, 0.5) is 4.39 Å². The third-order valence-electron chi connectivity index (χ3n) is 5.05. The van der Waals surface area contributed by atoms with E-state index in [9.17, 15) is 14.0 Å². The lowest BCUT2D eigenvalue weighted by atomic mass is 9.98. The highest BCUT2D eigenvalue weighted by atomic mass is 32.1. The van der Waals surface area contributed by atoms with Crippen LogP contribution in [0.2, 0.25) is 0 Å². The zero-order valence-corrected chi connectivity index (χ0v) is 17.6. The first-order valence-corrected chi connectivity index (χ1v) is 10.7. The lowest BCUT2D eigenvalue weighted by Gasteiger charge is -2.32. The maximum absolute atomic E-state index is 14.0. The number of ether oxygens (including phenoxy) is 1. The molecule has 2 heterocycles. The summed E-state index contributed by atoms with van der Waals surface area (Å²) in [6, 6.07) is 4.31. The normalized spacial score (nSPS) is 16.5. The Morgan fingerprint density at radius 2 is 2.24 bits per heavy atom. The number of aromatic nitrogens is 1. The maximum Gasteiger partial charge on any atom is 0.253 e. The van der Waals surface area contributed by atoms with Gasteiger partial charge >= 0.3 is 0 Å². The molecule has 3 rings (SSSR count). The van der Waals surface area contributed by atoms with Gasteiger partial charge in [0.05, 0.1) is 17.8 Å². The van der Waals surface area contributed by atoms with Crippen molar-refractivity contribution >= 4 is 23.2 Å². The molecule has 1 aliphatic heterocycles. The molecule has 1 atom stereocenters. The summed E-state index contributed by atoms with van der Waals surface area (Å²) >= 11 is 1.60. The number of likely N-dealkylation sites (tertiary alicyclic amines) is 1. The van der Waals surface area contributed by atoms with Gasteiger partial charge in [0.1, 0.15) is 0 Å². The standard InChI is InChI=1S/C21H26FN3O3S/c1-3-19(26)23-9-8-16-13-29-20(24-16)15-5-4-10-25(12-15)21(27)14-6-7-18(28-2)17(22)11-14/h6-7,11,13,15H,3-5,8-10,12H2,1-2H3,(H,23,26). The summed E-state index contributed by atoms with van der Waals surface area (Å²) in [5.74, 6) is -0.359. The Labute approximate surface area is 174 Å². The number of halogens is 1. The number of hydrogen-bond donors (Lipinski definition) is 1. The van der Waals surface area contributed by atoms with E-state index in [-0.39, 0.29) is 23.5 Å². The van der Waals surface area contributed by atoms with Crippen LogP contribution in [0.5, 0.6) is 5.75 Å². The molecule has 0 radical (unpaired) electrons. The van der Waals surface area contributed by atoms with E-state index in [1.807, 2.05) is 12.3 Å². The summed E-state index contributed by atoms with van der Waals surface area (Å²) in [7, 11) is 1.40. The van der Waals surface area contributed by atoms with Crippen molar-refractivity contribution in [3.63, 3.8) is 0 Å². The van der Waals surface area contributed by atoms with Crippen LogP contribution >= 0.6 is 11.3 Å². The van der Waals surface area contributed by atoms with Crippen molar-refractivity contribution in [1.82, 2.24) is 15.2 Å². The van der Waals surface area contributed by atoms with Crippen molar-refractivity contribution in [1.29, 1.82) is 0 Å². The van der Waals surface area contributed by atoms with Crippen LogP contribution in [-0.4, -0.2) is 48.4 Å². The minimum Gasteiger partial charge on any atom is -0.494 e. The quantitative estimate of drug-likeness (QED) is 0.747. The highest BCUT2D eigenvalue weighted by Gasteiger charge is 2.27. The fraction of sp³-hybridized carbons (Fsp3) is 0.476. The molecule has 2 aromatic rings. The summed E-state index contributed by atoms with van der Waals surface area (Å²) < 4.78 is 18.9. The monoisotopic (exact) mass is 419 g/mol. The van der Waals surface area contributed by atoms with Crippen molar-refractivity contribution in [3.05, 3.63) is 45.7 Å². The maximum atomic E-state index is 14.0. The molecule has 0 aliphatic carbocycles. The lowest BCUT2D eigenvalue weighted by Crippen LogP contribution is -2.39. The molecule has 6 nitrogen and oxygen atoms in total. The first-order chi connectivity index (χ1) is 14.0. The molecule has 1 unspecified atom stereocenters. The number of methoxy groups -OCH3 is 1. The van der Waals surface area contributed by atoms with Gasteiger partial charge < -0.3 is 15.0 Å². The summed E-state index contributed by atoms with van der Waals surface area (Å²) in [5.41, 5.74) is 1.29. The third-order valence-corrected chi connectivity index (χ3v) is 6.11. The molecule has 29 heavy (non-hydrogen) atoms. The molecular formula is C21H26FN3O3S. The van der Waals surface area contributed by atoms with Gasteiger partial charge in [0.15, 0.2) is 11.6 Å². The predicted octanol–water partition coefficient (Wildman–Crippen LogP) is 3.38. The lowest BCUT2D eigenvalue weighted by molar-refractivity contribution is -0.120. The molecule has 1 aromatic carbocycles. The molecule has 1 fully saturated rings. The van der Waals surface area contributed by atoms with E-state index in [1.54, 1.807) is 22.3 Å². The van der Waals surface area contributed by atoms with Crippen LogP contribution in [0.25, 0.3) is 0 Å². The molecule has 0 saturated carbocycles. The van der Waals surface area contributed by atoms with E-state index >= 15 is 0 Å². The molecule has 1 aliphatic rings. The van der Waals surface area contributed by atoms with Gasteiger partial charge in [-0.3, -0.25) is 9.59 Å².